The fourth-order valence-corrected chi connectivity index (χ4v) is 3.09. The lowest BCUT2D eigenvalue weighted by molar-refractivity contribution is 0.0954. The largest absolute Gasteiger partial charge is 0.352 e. The lowest BCUT2D eigenvalue weighted by Gasteiger charge is -2.10. The molecule has 26 heavy (non-hydrogen) atoms. The van der Waals surface area contributed by atoms with Gasteiger partial charge >= 0.3 is 0 Å². The van der Waals surface area contributed by atoms with Crippen LogP contribution in [-0.4, -0.2) is 32.2 Å². The Morgan fingerprint density at radius 1 is 1.15 bits per heavy atom. The summed E-state index contributed by atoms with van der Waals surface area (Å²) in [4.78, 5) is 21.4. The number of carbonyl (C=O) groups is 1. The summed E-state index contributed by atoms with van der Waals surface area (Å²) >= 11 is 0. The van der Waals surface area contributed by atoms with E-state index in [0.29, 0.717) is 12.1 Å². The van der Waals surface area contributed by atoms with E-state index in [1.54, 1.807) is 17.1 Å². The summed E-state index contributed by atoms with van der Waals surface area (Å²) in [5, 5.41) is 10.2. The molecule has 6 heteroatoms. The minimum atomic E-state index is -0.0789. The molecule has 0 spiro atoms. The second kappa shape index (κ2) is 6.55. The molecule has 3 aromatic heterocycles. The molecule has 3 heterocycles. The normalized spacial score (nSPS) is 11.2. The van der Waals surface area contributed by atoms with Crippen LogP contribution in [0.5, 0.6) is 0 Å². The molecule has 0 unspecified atom stereocenters. The van der Waals surface area contributed by atoms with E-state index in [1.807, 2.05) is 50.6 Å². The number of aryl methyl sites for hydroxylation is 1. The Bertz CT molecular complexity index is 1120. The van der Waals surface area contributed by atoms with Crippen LogP contribution < -0.4 is 5.32 Å². The highest BCUT2D eigenvalue weighted by Crippen LogP contribution is 2.31. The van der Waals surface area contributed by atoms with Gasteiger partial charge in [0, 0.05) is 59.5 Å². The highest BCUT2D eigenvalue weighted by molar-refractivity contribution is 6.11. The van der Waals surface area contributed by atoms with Gasteiger partial charge < -0.3 is 5.32 Å². The van der Waals surface area contributed by atoms with E-state index in [9.17, 15) is 4.79 Å². The number of hydrogen-bond acceptors (Lipinski definition) is 4. The SMILES string of the molecule is CCCNC(=O)c1ccc2c(c1)nc(-c1cnn(C)c1)c1ccncc12. The van der Waals surface area contributed by atoms with Crippen molar-refractivity contribution in [3.8, 4) is 11.3 Å². The molecule has 4 aromatic rings. The highest BCUT2D eigenvalue weighted by atomic mass is 16.1. The Hall–Kier alpha value is -3.28. The van der Waals surface area contributed by atoms with Crippen LogP contribution >= 0.6 is 0 Å². The Kier molecular flexibility index (Phi) is 4.08. The van der Waals surface area contributed by atoms with Crippen LogP contribution in [0.3, 0.4) is 0 Å². The summed E-state index contributed by atoms with van der Waals surface area (Å²) < 4.78 is 1.75. The Morgan fingerprint density at radius 2 is 2.04 bits per heavy atom. The van der Waals surface area contributed by atoms with Crippen LogP contribution in [0.25, 0.3) is 32.9 Å². The number of fused-ring (bicyclic) bond motifs is 3. The second-order valence-corrected chi connectivity index (χ2v) is 6.27. The van der Waals surface area contributed by atoms with Gasteiger partial charge in [-0.05, 0) is 24.6 Å². The molecule has 0 saturated heterocycles. The van der Waals surface area contributed by atoms with Crippen LogP contribution in [0, 0.1) is 0 Å². The zero-order valence-corrected chi connectivity index (χ0v) is 14.7. The average molecular weight is 345 g/mol. The molecule has 0 aliphatic carbocycles. The molecule has 130 valence electrons. The minimum absolute atomic E-state index is 0.0789. The van der Waals surface area contributed by atoms with E-state index in [-0.39, 0.29) is 5.91 Å². The number of aromatic nitrogens is 4. The number of carbonyl (C=O) groups excluding carboxylic acids is 1. The summed E-state index contributed by atoms with van der Waals surface area (Å²) in [5.41, 5.74) is 3.16. The third-order valence-corrected chi connectivity index (χ3v) is 4.37. The van der Waals surface area contributed by atoms with Crippen LogP contribution in [0.1, 0.15) is 23.7 Å². The molecule has 1 amide bonds. The van der Waals surface area contributed by atoms with Gasteiger partial charge in [-0.2, -0.15) is 5.10 Å². The van der Waals surface area contributed by atoms with Crippen molar-refractivity contribution < 1.29 is 4.79 Å². The molecular formula is C20H19N5O. The maximum absolute atomic E-state index is 12.3. The molecule has 1 aromatic carbocycles. The van der Waals surface area contributed by atoms with E-state index in [1.165, 1.54) is 0 Å². The van der Waals surface area contributed by atoms with Crippen LogP contribution in [0.4, 0.5) is 0 Å². The summed E-state index contributed by atoms with van der Waals surface area (Å²) in [7, 11) is 1.88. The number of pyridine rings is 2. The molecule has 0 fully saturated rings. The lowest BCUT2D eigenvalue weighted by Crippen LogP contribution is -2.23. The molecule has 0 radical (unpaired) electrons. The number of benzene rings is 1. The van der Waals surface area contributed by atoms with Crippen molar-refractivity contribution in [2.45, 2.75) is 13.3 Å². The van der Waals surface area contributed by atoms with E-state index in [0.717, 1.165) is 39.4 Å². The predicted molar refractivity (Wildman–Crippen MR) is 102 cm³/mol. The third kappa shape index (κ3) is 2.79. The van der Waals surface area contributed by atoms with Gasteiger partial charge in [0.2, 0.25) is 0 Å². The fraction of sp³-hybridized carbons (Fsp3) is 0.200. The molecule has 4 rings (SSSR count). The number of nitrogens with one attached hydrogen (secondary N) is 1. The molecule has 0 saturated carbocycles. The first-order valence-corrected chi connectivity index (χ1v) is 8.62. The number of hydrogen-bond donors (Lipinski definition) is 1. The van der Waals surface area contributed by atoms with Crippen molar-refractivity contribution in [1.82, 2.24) is 25.1 Å². The van der Waals surface area contributed by atoms with Gasteiger partial charge in [0.05, 0.1) is 17.4 Å². The zero-order chi connectivity index (χ0) is 18.1. The summed E-state index contributed by atoms with van der Waals surface area (Å²) in [6.45, 7) is 2.69. The predicted octanol–water partition coefficient (Wildman–Crippen LogP) is 3.32. The van der Waals surface area contributed by atoms with Crippen molar-refractivity contribution in [2.24, 2.45) is 7.05 Å². The van der Waals surface area contributed by atoms with Crippen molar-refractivity contribution in [1.29, 1.82) is 0 Å². The zero-order valence-electron chi connectivity index (χ0n) is 14.7. The summed E-state index contributed by atoms with van der Waals surface area (Å²) in [6, 6.07) is 7.59. The van der Waals surface area contributed by atoms with Gasteiger partial charge in [-0.3, -0.25) is 14.5 Å². The van der Waals surface area contributed by atoms with Gasteiger partial charge in [0.1, 0.15) is 0 Å². The summed E-state index contributed by atoms with van der Waals surface area (Å²) in [6.07, 6.45) is 8.25. The van der Waals surface area contributed by atoms with Crippen molar-refractivity contribution in [2.75, 3.05) is 6.54 Å². The lowest BCUT2D eigenvalue weighted by atomic mass is 10.0. The standard InChI is InChI=1S/C20H19N5O/c1-3-7-22-20(26)13-4-5-15-17-11-21-8-6-16(17)19(24-18(15)9-13)14-10-23-25(2)12-14/h4-6,8-12H,3,7H2,1-2H3,(H,22,26). The number of rotatable bonds is 4. The smallest absolute Gasteiger partial charge is 0.251 e. The summed E-state index contributed by atoms with van der Waals surface area (Å²) in [5.74, 6) is -0.0789. The van der Waals surface area contributed by atoms with Crippen LogP contribution in [-0.2, 0) is 7.05 Å². The van der Waals surface area contributed by atoms with Gasteiger partial charge in [0.15, 0.2) is 0 Å². The Balaban J connectivity index is 1.93. The number of nitrogens with zero attached hydrogens (tertiary/aromatic N) is 4. The number of amides is 1. The fourth-order valence-electron chi connectivity index (χ4n) is 3.09. The van der Waals surface area contributed by atoms with Crippen LogP contribution in [0.2, 0.25) is 0 Å². The maximum atomic E-state index is 12.3. The van der Waals surface area contributed by atoms with Crippen molar-refractivity contribution >= 4 is 27.6 Å². The first-order valence-electron chi connectivity index (χ1n) is 8.62. The molecule has 6 nitrogen and oxygen atoms in total. The van der Waals surface area contributed by atoms with E-state index in [2.05, 4.69) is 15.4 Å². The highest BCUT2D eigenvalue weighted by Gasteiger charge is 2.13. The van der Waals surface area contributed by atoms with Gasteiger partial charge in [-0.15, -0.1) is 0 Å². The Morgan fingerprint density at radius 3 is 2.81 bits per heavy atom. The first-order chi connectivity index (χ1) is 12.7. The van der Waals surface area contributed by atoms with Crippen molar-refractivity contribution in [3.05, 3.63) is 54.6 Å². The Labute approximate surface area is 150 Å². The average Bonchev–Trinajstić information content (AvgIpc) is 3.11. The van der Waals surface area contributed by atoms with Crippen molar-refractivity contribution in [3.63, 3.8) is 0 Å². The quantitative estimate of drug-likeness (QED) is 0.576. The topological polar surface area (TPSA) is 72.7 Å². The third-order valence-electron chi connectivity index (χ3n) is 4.37. The van der Waals surface area contributed by atoms with E-state index >= 15 is 0 Å². The monoisotopic (exact) mass is 345 g/mol. The maximum Gasteiger partial charge on any atom is 0.251 e. The molecule has 0 bridgehead atoms. The molecule has 0 aliphatic heterocycles. The first kappa shape index (κ1) is 16.2. The van der Waals surface area contributed by atoms with Gasteiger partial charge in [-0.25, -0.2) is 4.98 Å². The molecule has 0 atom stereocenters. The second-order valence-electron chi connectivity index (χ2n) is 6.27. The molecular weight excluding hydrogens is 326 g/mol. The van der Waals surface area contributed by atoms with E-state index in [4.69, 9.17) is 4.98 Å². The molecule has 1 N–H and O–H groups in total. The van der Waals surface area contributed by atoms with Gasteiger partial charge in [-0.1, -0.05) is 13.0 Å². The van der Waals surface area contributed by atoms with Gasteiger partial charge in [0.25, 0.3) is 5.91 Å². The molecule has 0 aliphatic rings. The van der Waals surface area contributed by atoms with E-state index < -0.39 is 0 Å². The van der Waals surface area contributed by atoms with Crippen LogP contribution in [0.15, 0.2) is 49.1 Å². The minimum Gasteiger partial charge on any atom is -0.352 e.